The van der Waals surface area contributed by atoms with E-state index in [4.69, 9.17) is 0 Å². The highest BCUT2D eigenvalue weighted by Gasteiger charge is 2.08. The Morgan fingerprint density at radius 1 is 1.44 bits per heavy atom. The number of rotatable bonds is 3. The largest absolute Gasteiger partial charge is 0.360 e. The highest BCUT2D eigenvalue weighted by Crippen LogP contribution is 2.24. The smallest absolute Gasteiger partial charge is 0.131 e. The van der Waals surface area contributed by atoms with E-state index in [1.807, 2.05) is 26.1 Å². The van der Waals surface area contributed by atoms with E-state index in [9.17, 15) is 4.39 Å². The molecule has 0 spiro atoms. The van der Waals surface area contributed by atoms with Crippen molar-refractivity contribution in [3.05, 3.63) is 60.2 Å². The van der Waals surface area contributed by atoms with E-state index < -0.39 is 0 Å². The van der Waals surface area contributed by atoms with Gasteiger partial charge in [0.1, 0.15) is 5.83 Å². The summed E-state index contributed by atoms with van der Waals surface area (Å²) in [6.45, 7) is 7.27. The van der Waals surface area contributed by atoms with Gasteiger partial charge in [0, 0.05) is 11.8 Å². The number of allylic oxidation sites excluding steroid dienone is 5. The predicted octanol–water partition coefficient (Wildman–Crippen LogP) is 4.31. The van der Waals surface area contributed by atoms with Gasteiger partial charge in [0.25, 0.3) is 0 Å². The first-order valence-corrected chi connectivity index (χ1v) is 5.77. The fourth-order valence-electron chi connectivity index (χ4n) is 1.84. The quantitative estimate of drug-likeness (QED) is 0.798. The van der Waals surface area contributed by atoms with Crippen molar-refractivity contribution in [2.75, 3.05) is 0 Å². The molecular weight excluding hydrogens is 227 g/mol. The summed E-state index contributed by atoms with van der Waals surface area (Å²) >= 11 is 0. The maximum atomic E-state index is 13.8. The number of aromatic amines is 1. The average Bonchev–Trinajstić information content (AvgIpc) is 2.76. The maximum absolute atomic E-state index is 13.8. The monoisotopic (exact) mass is 242 g/mol. The number of hydrogen-bond donors (Lipinski definition) is 1. The molecular formula is C15H15FN2. The zero-order chi connectivity index (χ0) is 13.1. The van der Waals surface area contributed by atoms with Gasteiger partial charge >= 0.3 is 0 Å². The molecule has 0 aromatic carbocycles. The second-order valence-electron chi connectivity index (χ2n) is 4.03. The summed E-state index contributed by atoms with van der Waals surface area (Å²) in [4.78, 5) is 7.61. The second kappa shape index (κ2) is 5.00. The van der Waals surface area contributed by atoms with Crippen molar-refractivity contribution in [1.29, 1.82) is 0 Å². The van der Waals surface area contributed by atoms with Gasteiger partial charge in [-0.25, -0.2) is 9.37 Å². The number of aryl methyl sites for hydroxylation is 1. The van der Waals surface area contributed by atoms with Crippen LogP contribution in [0.3, 0.4) is 0 Å². The van der Waals surface area contributed by atoms with Crippen molar-refractivity contribution >= 4 is 16.6 Å². The van der Waals surface area contributed by atoms with Crippen LogP contribution in [0.1, 0.15) is 18.2 Å². The molecule has 0 atom stereocenters. The van der Waals surface area contributed by atoms with Gasteiger partial charge < -0.3 is 4.98 Å². The molecule has 3 heteroatoms. The van der Waals surface area contributed by atoms with Crippen molar-refractivity contribution < 1.29 is 4.39 Å². The summed E-state index contributed by atoms with van der Waals surface area (Å²) < 4.78 is 13.8. The molecule has 0 fully saturated rings. The third-order valence-electron chi connectivity index (χ3n) is 2.76. The topological polar surface area (TPSA) is 28.7 Å². The number of halogens is 1. The van der Waals surface area contributed by atoms with E-state index in [1.54, 1.807) is 18.2 Å². The summed E-state index contributed by atoms with van der Waals surface area (Å²) in [6, 6.07) is 3.71. The summed E-state index contributed by atoms with van der Waals surface area (Å²) in [5, 5.41) is 0. The number of aromatic nitrogens is 2. The Bertz CT molecular complexity index is 648. The van der Waals surface area contributed by atoms with Gasteiger partial charge in [-0.2, -0.15) is 0 Å². The van der Waals surface area contributed by atoms with E-state index in [0.29, 0.717) is 11.3 Å². The van der Waals surface area contributed by atoms with Crippen molar-refractivity contribution in [1.82, 2.24) is 9.97 Å². The number of nitrogens with zero attached hydrogens (tertiary/aromatic N) is 1. The molecule has 2 aromatic heterocycles. The number of nitrogens with one attached hydrogen (secondary N) is 1. The van der Waals surface area contributed by atoms with Crippen molar-refractivity contribution in [2.45, 2.75) is 13.8 Å². The third-order valence-corrected chi connectivity index (χ3v) is 2.76. The lowest BCUT2D eigenvalue weighted by molar-refractivity contribution is 0.671. The van der Waals surface area contributed by atoms with Crippen LogP contribution in [0, 0.1) is 6.92 Å². The number of fused-ring (bicyclic) bond motifs is 1. The Labute approximate surface area is 106 Å². The molecule has 0 aliphatic heterocycles. The Hall–Kier alpha value is -2.16. The lowest BCUT2D eigenvalue weighted by Crippen LogP contribution is -1.90. The van der Waals surface area contributed by atoms with E-state index in [2.05, 4.69) is 16.5 Å². The van der Waals surface area contributed by atoms with Gasteiger partial charge in [-0.05, 0) is 37.6 Å². The van der Waals surface area contributed by atoms with E-state index in [-0.39, 0.29) is 5.83 Å². The van der Waals surface area contributed by atoms with Crippen LogP contribution in [0.2, 0.25) is 0 Å². The van der Waals surface area contributed by atoms with Crippen LogP contribution >= 0.6 is 0 Å². The van der Waals surface area contributed by atoms with Crippen molar-refractivity contribution in [3.8, 4) is 0 Å². The molecule has 2 heterocycles. The standard InChI is InChI=1S/C15H15FN2/c1-4-6-11(12(16)5-2)13-7-8-14-15(18-13)10(3)9-17-14/h4-9,17H,2H2,1,3H3/b6-4-,12-11-. The van der Waals surface area contributed by atoms with Gasteiger partial charge in [0.2, 0.25) is 0 Å². The molecule has 18 heavy (non-hydrogen) atoms. The highest BCUT2D eigenvalue weighted by atomic mass is 19.1. The second-order valence-corrected chi connectivity index (χ2v) is 4.03. The molecule has 1 N–H and O–H groups in total. The minimum atomic E-state index is -0.367. The highest BCUT2D eigenvalue weighted by molar-refractivity contribution is 5.83. The van der Waals surface area contributed by atoms with Gasteiger partial charge in [0.05, 0.1) is 16.7 Å². The molecule has 0 aliphatic rings. The SMILES string of the molecule is C=C/C(F)=C(\C=C/C)c1ccc2[nH]cc(C)c2n1. The first-order chi connectivity index (χ1) is 8.67. The maximum Gasteiger partial charge on any atom is 0.131 e. The van der Waals surface area contributed by atoms with E-state index in [0.717, 1.165) is 16.6 Å². The molecule has 2 rings (SSSR count). The van der Waals surface area contributed by atoms with Crippen molar-refractivity contribution in [2.24, 2.45) is 0 Å². The fraction of sp³-hybridized carbons (Fsp3) is 0.133. The van der Waals surface area contributed by atoms with Crippen LogP contribution in [0.25, 0.3) is 16.6 Å². The predicted molar refractivity (Wildman–Crippen MR) is 73.9 cm³/mol. The van der Waals surface area contributed by atoms with E-state index in [1.165, 1.54) is 6.08 Å². The number of H-pyrrole nitrogens is 1. The average molecular weight is 242 g/mol. The Morgan fingerprint density at radius 2 is 2.22 bits per heavy atom. The molecule has 0 saturated heterocycles. The minimum absolute atomic E-state index is 0.367. The lowest BCUT2D eigenvalue weighted by Gasteiger charge is -2.03. The molecule has 0 bridgehead atoms. The molecule has 0 radical (unpaired) electrons. The third kappa shape index (κ3) is 2.12. The van der Waals surface area contributed by atoms with Crippen LogP contribution < -0.4 is 0 Å². The Balaban J connectivity index is 2.65. The first-order valence-electron chi connectivity index (χ1n) is 5.77. The van der Waals surface area contributed by atoms with E-state index >= 15 is 0 Å². The van der Waals surface area contributed by atoms with Crippen LogP contribution in [0.4, 0.5) is 4.39 Å². The van der Waals surface area contributed by atoms with Crippen LogP contribution in [-0.4, -0.2) is 9.97 Å². The number of hydrogen-bond acceptors (Lipinski definition) is 1. The van der Waals surface area contributed by atoms with Crippen LogP contribution in [-0.2, 0) is 0 Å². The minimum Gasteiger partial charge on any atom is -0.360 e. The molecule has 2 nitrogen and oxygen atoms in total. The molecule has 0 saturated carbocycles. The fourth-order valence-corrected chi connectivity index (χ4v) is 1.84. The molecule has 0 aliphatic carbocycles. The Kier molecular flexibility index (Phi) is 3.42. The van der Waals surface area contributed by atoms with Gasteiger partial charge in [-0.1, -0.05) is 18.7 Å². The number of pyridine rings is 1. The first kappa shape index (κ1) is 12.3. The van der Waals surface area contributed by atoms with Crippen molar-refractivity contribution in [3.63, 3.8) is 0 Å². The lowest BCUT2D eigenvalue weighted by atomic mass is 10.1. The van der Waals surface area contributed by atoms with Crippen LogP contribution in [0.15, 0.2) is 49.0 Å². The normalized spacial score (nSPS) is 13.1. The Morgan fingerprint density at radius 3 is 2.89 bits per heavy atom. The summed E-state index contributed by atoms with van der Waals surface area (Å²) in [6.07, 6.45) is 6.58. The van der Waals surface area contributed by atoms with Gasteiger partial charge in [0.15, 0.2) is 0 Å². The molecule has 2 aromatic rings. The molecule has 0 unspecified atom stereocenters. The van der Waals surface area contributed by atoms with Crippen LogP contribution in [0.5, 0.6) is 0 Å². The van der Waals surface area contributed by atoms with Gasteiger partial charge in [-0.3, -0.25) is 0 Å². The zero-order valence-electron chi connectivity index (χ0n) is 10.5. The summed E-state index contributed by atoms with van der Waals surface area (Å²) in [5.41, 5.74) is 3.93. The van der Waals surface area contributed by atoms with Gasteiger partial charge in [-0.15, -0.1) is 0 Å². The summed E-state index contributed by atoms with van der Waals surface area (Å²) in [7, 11) is 0. The summed E-state index contributed by atoms with van der Waals surface area (Å²) in [5.74, 6) is -0.367. The zero-order valence-corrected chi connectivity index (χ0v) is 10.5. The molecule has 92 valence electrons. The molecule has 0 amide bonds.